The first-order valence-electron chi connectivity index (χ1n) is 7.09. The van der Waals surface area contributed by atoms with Crippen LogP contribution in [-0.4, -0.2) is 47.0 Å². The summed E-state index contributed by atoms with van der Waals surface area (Å²) < 4.78 is 0. The Bertz CT molecular complexity index is 758. The number of hydrogen-bond acceptors (Lipinski definition) is 6. The van der Waals surface area contributed by atoms with Crippen LogP contribution in [0.5, 0.6) is 0 Å². The molecule has 7 heteroatoms. The number of nitrogens with zero attached hydrogens (tertiary/aromatic N) is 4. The lowest BCUT2D eigenvalue weighted by Crippen LogP contribution is -2.48. The Hall–Kier alpha value is -1.99. The number of pyridine rings is 1. The maximum absolute atomic E-state index is 12.3. The zero-order valence-corrected chi connectivity index (χ0v) is 13.4. The van der Waals surface area contributed by atoms with Crippen molar-refractivity contribution < 1.29 is 4.79 Å². The van der Waals surface area contributed by atoms with Crippen LogP contribution in [0.4, 0.5) is 5.13 Å². The van der Waals surface area contributed by atoms with Gasteiger partial charge in [0.15, 0.2) is 5.13 Å². The smallest absolute Gasteiger partial charge is 0.254 e. The standard InChI is InChI=1S/C15H14N4OS2/c20-14(11-3-9-21-10-11)18-5-7-19(8-6-18)15-17-12-2-1-4-16-13(12)22-15/h1-4,9-10H,5-8H2. The van der Waals surface area contributed by atoms with Gasteiger partial charge in [0.25, 0.3) is 5.91 Å². The third kappa shape index (κ3) is 2.46. The van der Waals surface area contributed by atoms with Crippen LogP contribution in [0.25, 0.3) is 10.3 Å². The van der Waals surface area contributed by atoms with Gasteiger partial charge in [0.05, 0.1) is 5.56 Å². The third-order valence-corrected chi connectivity index (χ3v) is 5.48. The molecule has 0 spiro atoms. The Morgan fingerprint density at radius 3 is 2.77 bits per heavy atom. The summed E-state index contributed by atoms with van der Waals surface area (Å²) in [5, 5.41) is 4.85. The Morgan fingerprint density at radius 1 is 1.18 bits per heavy atom. The molecule has 0 N–H and O–H groups in total. The van der Waals surface area contributed by atoms with Crippen LogP contribution in [-0.2, 0) is 0 Å². The van der Waals surface area contributed by atoms with Gasteiger partial charge in [0, 0.05) is 37.8 Å². The molecule has 0 aliphatic carbocycles. The van der Waals surface area contributed by atoms with Gasteiger partial charge in [-0.05, 0) is 23.6 Å². The zero-order valence-electron chi connectivity index (χ0n) is 11.8. The van der Waals surface area contributed by atoms with Gasteiger partial charge >= 0.3 is 0 Å². The van der Waals surface area contributed by atoms with Crippen molar-refractivity contribution in [2.24, 2.45) is 0 Å². The third-order valence-electron chi connectivity index (χ3n) is 3.76. The number of carbonyl (C=O) groups is 1. The molecule has 0 unspecified atom stereocenters. The van der Waals surface area contributed by atoms with Crippen LogP contribution in [0, 0.1) is 0 Å². The van der Waals surface area contributed by atoms with Crippen LogP contribution in [0.3, 0.4) is 0 Å². The molecule has 0 atom stereocenters. The van der Waals surface area contributed by atoms with E-state index in [4.69, 9.17) is 0 Å². The molecule has 0 bridgehead atoms. The lowest BCUT2D eigenvalue weighted by molar-refractivity contribution is 0.0747. The molecule has 3 aromatic rings. The Labute approximate surface area is 135 Å². The van der Waals surface area contributed by atoms with Crippen molar-refractivity contribution in [3.05, 3.63) is 40.7 Å². The normalized spacial score (nSPS) is 15.5. The van der Waals surface area contributed by atoms with Crippen LogP contribution in [0.2, 0.25) is 0 Å². The summed E-state index contributed by atoms with van der Waals surface area (Å²) >= 11 is 3.17. The largest absolute Gasteiger partial charge is 0.344 e. The topological polar surface area (TPSA) is 49.3 Å². The van der Waals surface area contributed by atoms with Crippen molar-refractivity contribution in [2.45, 2.75) is 0 Å². The van der Waals surface area contributed by atoms with Gasteiger partial charge in [-0.25, -0.2) is 9.97 Å². The molecule has 112 valence electrons. The summed E-state index contributed by atoms with van der Waals surface area (Å²) in [6.07, 6.45) is 1.79. The van der Waals surface area contributed by atoms with Crippen LogP contribution in [0.1, 0.15) is 10.4 Å². The Morgan fingerprint density at radius 2 is 2.05 bits per heavy atom. The van der Waals surface area contributed by atoms with Crippen LogP contribution >= 0.6 is 22.7 Å². The average molecular weight is 330 g/mol. The van der Waals surface area contributed by atoms with Crippen molar-refractivity contribution in [3.8, 4) is 0 Å². The minimum atomic E-state index is 0.131. The van der Waals surface area contributed by atoms with E-state index in [9.17, 15) is 4.79 Å². The fourth-order valence-corrected chi connectivity index (χ4v) is 4.15. The van der Waals surface area contributed by atoms with Gasteiger partial charge in [0.2, 0.25) is 0 Å². The molecule has 1 amide bonds. The van der Waals surface area contributed by atoms with E-state index in [-0.39, 0.29) is 5.91 Å². The maximum Gasteiger partial charge on any atom is 0.254 e. The van der Waals surface area contributed by atoms with E-state index >= 15 is 0 Å². The molecule has 5 nitrogen and oxygen atoms in total. The molecule has 0 radical (unpaired) electrons. The molecule has 1 aliphatic heterocycles. The van der Waals surface area contributed by atoms with Crippen molar-refractivity contribution in [3.63, 3.8) is 0 Å². The highest BCUT2D eigenvalue weighted by atomic mass is 32.1. The molecule has 4 rings (SSSR count). The lowest BCUT2D eigenvalue weighted by Gasteiger charge is -2.34. The Balaban J connectivity index is 1.46. The molecule has 0 saturated carbocycles. The quantitative estimate of drug-likeness (QED) is 0.725. The molecule has 1 saturated heterocycles. The Kier molecular flexibility index (Phi) is 3.51. The molecule has 4 heterocycles. The first-order valence-corrected chi connectivity index (χ1v) is 8.85. The number of thiophene rings is 1. The number of piperazine rings is 1. The summed E-state index contributed by atoms with van der Waals surface area (Å²) in [5.74, 6) is 0.131. The summed E-state index contributed by atoms with van der Waals surface area (Å²) in [6.45, 7) is 3.10. The molecule has 22 heavy (non-hydrogen) atoms. The number of hydrogen-bond donors (Lipinski definition) is 0. The average Bonchev–Trinajstić information content (AvgIpc) is 3.23. The van der Waals surface area contributed by atoms with E-state index in [2.05, 4.69) is 14.9 Å². The van der Waals surface area contributed by atoms with Crippen molar-refractivity contribution >= 4 is 44.1 Å². The molecule has 3 aromatic heterocycles. The van der Waals surface area contributed by atoms with Gasteiger partial charge in [-0.3, -0.25) is 4.79 Å². The number of carbonyl (C=O) groups excluding carboxylic acids is 1. The summed E-state index contributed by atoms with van der Waals surface area (Å²) in [4.78, 5) is 26.4. The van der Waals surface area contributed by atoms with E-state index in [0.717, 1.165) is 47.2 Å². The second-order valence-electron chi connectivity index (χ2n) is 5.12. The van der Waals surface area contributed by atoms with E-state index in [1.165, 1.54) is 0 Å². The summed E-state index contributed by atoms with van der Waals surface area (Å²) in [6, 6.07) is 5.78. The van der Waals surface area contributed by atoms with Gasteiger partial charge in [-0.15, -0.1) is 0 Å². The predicted molar refractivity (Wildman–Crippen MR) is 89.9 cm³/mol. The molecule has 1 fully saturated rings. The van der Waals surface area contributed by atoms with Gasteiger partial charge < -0.3 is 9.80 Å². The SMILES string of the molecule is O=C(c1ccsc1)N1CCN(c2nc3cccnc3s2)CC1. The van der Waals surface area contributed by atoms with Crippen molar-refractivity contribution in [1.82, 2.24) is 14.9 Å². The molecule has 1 aliphatic rings. The summed E-state index contributed by atoms with van der Waals surface area (Å²) in [7, 11) is 0. The highest BCUT2D eigenvalue weighted by molar-refractivity contribution is 7.21. The van der Waals surface area contributed by atoms with E-state index in [1.54, 1.807) is 28.9 Å². The number of fused-ring (bicyclic) bond motifs is 1. The maximum atomic E-state index is 12.3. The lowest BCUT2D eigenvalue weighted by atomic mass is 10.2. The monoisotopic (exact) mass is 330 g/mol. The first-order chi connectivity index (χ1) is 10.8. The number of amides is 1. The fourth-order valence-electron chi connectivity index (χ4n) is 2.56. The highest BCUT2D eigenvalue weighted by Crippen LogP contribution is 2.27. The zero-order chi connectivity index (χ0) is 14.9. The number of thiazole rings is 1. The van der Waals surface area contributed by atoms with E-state index in [1.807, 2.05) is 33.9 Å². The van der Waals surface area contributed by atoms with Crippen LogP contribution < -0.4 is 4.90 Å². The van der Waals surface area contributed by atoms with Crippen molar-refractivity contribution in [2.75, 3.05) is 31.1 Å². The van der Waals surface area contributed by atoms with Crippen LogP contribution in [0.15, 0.2) is 35.2 Å². The van der Waals surface area contributed by atoms with Gasteiger partial charge in [-0.2, -0.15) is 11.3 Å². The minimum Gasteiger partial charge on any atom is -0.344 e. The molecular formula is C15H14N4OS2. The van der Waals surface area contributed by atoms with Crippen molar-refractivity contribution in [1.29, 1.82) is 0 Å². The minimum absolute atomic E-state index is 0.131. The number of aromatic nitrogens is 2. The summed E-state index contributed by atoms with van der Waals surface area (Å²) in [5.41, 5.74) is 1.74. The number of anilines is 1. The number of rotatable bonds is 2. The van der Waals surface area contributed by atoms with E-state index < -0.39 is 0 Å². The van der Waals surface area contributed by atoms with Gasteiger partial charge in [-0.1, -0.05) is 11.3 Å². The van der Waals surface area contributed by atoms with E-state index in [0.29, 0.717) is 0 Å². The molecule has 0 aromatic carbocycles. The second-order valence-corrected chi connectivity index (χ2v) is 6.85. The first kappa shape index (κ1) is 13.7. The second kappa shape index (κ2) is 5.66. The molecular weight excluding hydrogens is 316 g/mol. The highest BCUT2D eigenvalue weighted by Gasteiger charge is 2.24. The fraction of sp³-hybridized carbons (Fsp3) is 0.267. The van der Waals surface area contributed by atoms with Gasteiger partial charge in [0.1, 0.15) is 10.3 Å². The predicted octanol–water partition coefficient (Wildman–Crippen LogP) is 2.72.